The largest absolute Gasteiger partial charge is 0.460 e. The Morgan fingerprint density at radius 1 is 1.24 bits per heavy atom. The van der Waals surface area contributed by atoms with E-state index in [9.17, 15) is 14.9 Å². The molecule has 1 aromatic carbocycles. The Labute approximate surface area is 121 Å². The molecule has 1 aromatic rings. The number of nitrogen functional groups attached to an aromatic ring is 1. The van der Waals surface area contributed by atoms with Crippen molar-refractivity contribution in [1.82, 2.24) is 0 Å². The minimum absolute atomic E-state index is 0.0292. The molecule has 0 heterocycles. The minimum Gasteiger partial charge on any atom is -0.460 e. The molecule has 0 saturated heterocycles. The summed E-state index contributed by atoms with van der Waals surface area (Å²) in [4.78, 5) is 21.8. The number of benzene rings is 1. The van der Waals surface area contributed by atoms with Crippen molar-refractivity contribution in [3.05, 3.63) is 33.9 Å². The number of nitrogens with zero attached hydrogens (tertiary/aromatic N) is 1. The van der Waals surface area contributed by atoms with Crippen molar-refractivity contribution in [1.29, 1.82) is 0 Å². The summed E-state index contributed by atoms with van der Waals surface area (Å²) < 4.78 is 15.2. The zero-order chi connectivity index (χ0) is 15.7. The molecular weight excluding hydrogens is 280 g/mol. The third kappa shape index (κ3) is 5.76. The van der Waals surface area contributed by atoms with Gasteiger partial charge in [0.2, 0.25) is 0 Å². The average molecular weight is 298 g/mol. The van der Waals surface area contributed by atoms with Gasteiger partial charge in [0.15, 0.2) is 0 Å². The van der Waals surface area contributed by atoms with E-state index in [2.05, 4.69) is 0 Å². The molecule has 8 heteroatoms. The van der Waals surface area contributed by atoms with Crippen molar-refractivity contribution in [2.24, 2.45) is 0 Å². The predicted octanol–water partition coefficient (Wildman–Crippen LogP) is 1.39. The number of rotatable bonds is 9. The monoisotopic (exact) mass is 298 g/mol. The van der Waals surface area contributed by atoms with Gasteiger partial charge in [0, 0.05) is 24.4 Å². The lowest BCUT2D eigenvalue weighted by molar-refractivity contribution is -0.384. The zero-order valence-corrected chi connectivity index (χ0v) is 11.7. The third-order valence-electron chi connectivity index (χ3n) is 2.50. The molecule has 0 radical (unpaired) electrons. The van der Waals surface area contributed by atoms with Crippen molar-refractivity contribution in [2.45, 2.75) is 6.92 Å². The van der Waals surface area contributed by atoms with Gasteiger partial charge in [-0.25, -0.2) is 4.79 Å². The highest BCUT2D eigenvalue weighted by molar-refractivity contribution is 5.95. The van der Waals surface area contributed by atoms with Crippen LogP contribution in [0.25, 0.3) is 0 Å². The molecule has 1 rings (SSSR count). The first-order chi connectivity index (χ1) is 10.1. The summed E-state index contributed by atoms with van der Waals surface area (Å²) in [7, 11) is 0. The van der Waals surface area contributed by atoms with Gasteiger partial charge in [-0.3, -0.25) is 10.1 Å². The van der Waals surface area contributed by atoms with Crippen LogP contribution in [0.15, 0.2) is 18.2 Å². The summed E-state index contributed by atoms with van der Waals surface area (Å²) in [5.74, 6) is -0.718. The van der Waals surface area contributed by atoms with Crippen LogP contribution < -0.4 is 5.73 Å². The van der Waals surface area contributed by atoms with Crippen molar-refractivity contribution < 1.29 is 23.9 Å². The van der Waals surface area contributed by atoms with Gasteiger partial charge < -0.3 is 19.9 Å². The first-order valence-corrected chi connectivity index (χ1v) is 6.42. The Kier molecular flexibility index (Phi) is 7.13. The van der Waals surface area contributed by atoms with E-state index >= 15 is 0 Å². The number of nitrogens with two attached hydrogens (primary N) is 1. The lowest BCUT2D eigenvalue weighted by Gasteiger charge is -2.07. The first kappa shape index (κ1) is 16.9. The van der Waals surface area contributed by atoms with Crippen LogP contribution >= 0.6 is 0 Å². The molecule has 21 heavy (non-hydrogen) atoms. The molecule has 0 aliphatic carbocycles. The lowest BCUT2D eigenvalue weighted by Crippen LogP contribution is -2.14. The number of ether oxygens (including phenoxy) is 3. The second kappa shape index (κ2) is 8.88. The third-order valence-corrected chi connectivity index (χ3v) is 2.50. The number of carbonyl (C=O) groups excluding carboxylic acids is 1. The second-order valence-corrected chi connectivity index (χ2v) is 3.97. The lowest BCUT2D eigenvalue weighted by atomic mass is 10.1. The van der Waals surface area contributed by atoms with Crippen LogP contribution in [0.1, 0.15) is 17.3 Å². The van der Waals surface area contributed by atoms with Gasteiger partial charge >= 0.3 is 5.97 Å². The number of hydrogen-bond acceptors (Lipinski definition) is 7. The van der Waals surface area contributed by atoms with Gasteiger partial charge in [0.05, 0.1) is 30.3 Å². The molecule has 0 aliphatic rings. The van der Waals surface area contributed by atoms with E-state index in [0.29, 0.717) is 19.8 Å². The molecular formula is C13H18N2O6. The maximum absolute atomic E-state index is 11.8. The predicted molar refractivity (Wildman–Crippen MR) is 75.1 cm³/mol. The maximum Gasteiger partial charge on any atom is 0.340 e. The van der Waals surface area contributed by atoms with Crippen molar-refractivity contribution in [3.8, 4) is 0 Å². The van der Waals surface area contributed by atoms with E-state index in [-0.39, 0.29) is 30.2 Å². The number of nitro groups is 1. The molecule has 0 fully saturated rings. The Morgan fingerprint density at radius 3 is 2.57 bits per heavy atom. The number of esters is 1. The number of carbonyl (C=O) groups is 1. The normalized spacial score (nSPS) is 10.3. The van der Waals surface area contributed by atoms with Gasteiger partial charge in [-0.2, -0.15) is 0 Å². The van der Waals surface area contributed by atoms with E-state index in [0.717, 1.165) is 6.07 Å². The molecule has 0 aliphatic heterocycles. The molecule has 0 atom stereocenters. The number of hydrogen-bond donors (Lipinski definition) is 1. The highest BCUT2D eigenvalue weighted by Gasteiger charge is 2.16. The Bertz CT molecular complexity index is 492. The Balaban J connectivity index is 2.41. The van der Waals surface area contributed by atoms with Crippen LogP contribution in [-0.2, 0) is 14.2 Å². The minimum atomic E-state index is -0.718. The van der Waals surface area contributed by atoms with E-state index in [4.69, 9.17) is 19.9 Å². The fraction of sp³-hybridized carbons (Fsp3) is 0.462. The van der Waals surface area contributed by atoms with E-state index in [1.54, 1.807) is 0 Å². The van der Waals surface area contributed by atoms with Crippen LogP contribution in [0.3, 0.4) is 0 Å². The van der Waals surface area contributed by atoms with Gasteiger partial charge in [-0.05, 0) is 13.0 Å². The fourth-order valence-corrected chi connectivity index (χ4v) is 1.47. The fourth-order valence-electron chi connectivity index (χ4n) is 1.47. The molecule has 0 spiro atoms. The summed E-state index contributed by atoms with van der Waals surface area (Å²) in [5.41, 5.74) is 5.48. The molecule has 0 bridgehead atoms. The highest BCUT2D eigenvalue weighted by Crippen LogP contribution is 2.20. The van der Waals surface area contributed by atoms with Gasteiger partial charge in [0.1, 0.15) is 6.61 Å². The molecule has 0 unspecified atom stereocenters. The number of nitro benzene ring substituents is 1. The molecule has 0 aromatic heterocycles. The van der Waals surface area contributed by atoms with Crippen LogP contribution in [0.4, 0.5) is 11.4 Å². The molecule has 8 nitrogen and oxygen atoms in total. The highest BCUT2D eigenvalue weighted by atomic mass is 16.6. The average Bonchev–Trinajstić information content (AvgIpc) is 2.46. The van der Waals surface area contributed by atoms with Crippen LogP contribution in [-0.4, -0.2) is 43.9 Å². The van der Waals surface area contributed by atoms with Crippen molar-refractivity contribution >= 4 is 17.3 Å². The van der Waals surface area contributed by atoms with Gasteiger partial charge in [0.25, 0.3) is 5.69 Å². The number of anilines is 1. The summed E-state index contributed by atoms with van der Waals surface area (Å²) in [6.07, 6.45) is 0. The maximum atomic E-state index is 11.8. The Hall–Kier alpha value is -2.19. The van der Waals surface area contributed by atoms with Crippen molar-refractivity contribution in [2.75, 3.05) is 38.8 Å². The topological polar surface area (TPSA) is 114 Å². The summed E-state index contributed by atoms with van der Waals surface area (Å²) in [6.45, 7) is 3.63. The second-order valence-electron chi connectivity index (χ2n) is 3.97. The molecule has 116 valence electrons. The molecule has 0 saturated carbocycles. The molecule has 0 amide bonds. The van der Waals surface area contributed by atoms with Crippen LogP contribution in [0, 0.1) is 10.1 Å². The standard InChI is InChI=1S/C13H18N2O6/c1-2-19-5-6-20-7-8-21-13(16)11-9-10(15(17)18)3-4-12(11)14/h3-4,9H,2,5-8,14H2,1H3. The smallest absolute Gasteiger partial charge is 0.340 e. The summed E-state index contributed by atoms with van der Waals surface area (Å²) in [6, 6.07) is 3.61. The van der Waals surface area contributed by atoms with Gasteiger partial charge in [-0.1, -0.05) is 0 Å². The Morgan fingerprint density at radius 2 is 1.90 bits per heavy atom. The van der Waals surface area contributed by atoms with Crippen LogP contribution in [0.5, 0.6) is 0 Å². The zero-order valence-electron chi connectivity index (χ0n) is 11.7. The van der Waals surface area contributed by atoms with Crippen molar-refractivity contribution in [3.63, 3.8) is 0 Å². The van der Waals surface area contributed by atoms with Gasteiger partial charge in [-0.15, -0.1) is 0 Å². The van der Waals surface area contributed by atoms with E-state index in [1.165, 1.54) is 12.1 Å². The SMILES string of the molecule is CCOCCOCCOC(=O)c1cc([N+](=O)[O-])ccc1N. The van der Waals surface area contributed by atoms with E-state index < -0.39 is 10.9 Å². The quantitative estimate of drug-likeness (QED) is 0.241. The number of non-ortho nitro benzene ring substituents is 1. The first-order valence-electron chi connectivity index (χ1n) is 6.42. The summed E-state index contributed by atoms with van der Waals surface area (Å²) >= 11 is 0. The molecule has 2 N–H and O–H groups in total. The van der Waals surface area contributed by atoms with Crippen LogP contribution in [0.2, 0.25) is 0 Å². The van der Waals surface area contributed by atoms with E-state index in [1.807, 2.05) is 6.92 Å². The summed E-state index contributed by atoms with van der Waals surface area (Å²) in [5, 5.41) is 10.7.